The highest BCUT2D eigenvalue weighted by Crippen LogP contribution is 2.27. The van der Waals surface area contributed by atoms with Crippen LogP contribution in [0.3, 0.4) is 0 Å². The van der Waals surface area contributed by atoms with Gasteiger partial charge in [0.15, 0.2) is 6.61 Å². The Morgan fingerprint density at radius 2 is 1.63 bits per heavy atom. The maximum atomic E-state index is 12.9. The Kier molecular flexibility index (Phi) is 5.76. The lowest BCUT2D eigenvalue weighted by atomic mass is 10.1. The molecule has 0 unspecified atom stereocenters. The van der Waals surface area contributed by atoms with Gasteiger partial charge in [0, 0.05) is 29.3 Å². The van der Waals surface area contributed by atoms with Crippen molar-refractivity contribution in [3.8, 4) is 17.2 Å². The minimum atomic E-state index is -0.465. The Bertz CT molecular complexity index is 1670. The fraction of sp³-hybridized carbons (Fsp3) is 0.0741. The number of para-hydroxylation sites is 1. The standard InChI is InChI=1S/C27H19NO7/c1-16-11-26(30)35-23-13-19(8-9-20(16)23)34-24-14-33-22-12-18(7-10-21(22)27(24)31)32-15-25(29)28-17-5-3-2-4-6-17/h2-14H,15H2,1H3,(H,28,29). The molecule has 0 radical (unpaired) electrons. The highest BCUT2D eigenvalue weighted by molar-refractivity contribution is 5.92. The van der Waals surface area contributed by atoms with E-state index >= 15 is 0 Å². The molecule has 0 aliphatic carbocycles. The molecule has 5 aromatic rings. The molecule has 0 spiro atoms. The van der Waals surface area contributed by atoms with Gasteiger partial charge < -0.3 is 23.6 Å². The zero-order chi connectivity index (χ0) is 24.4. The molecular weight excluding hydrogens is 450 g/mol. The predicted octanol–water partition coefficient (Wildman–Crippen LogP) is 5.02. The fourth-order valence-corrected chi connectivity index (χ4v) is 3.61. The van der Waals surface area contributed by atoms with Crippen LogP contribution in [-0.4, -0.2) is 12.5 Å². The second kappa shape index (κ2) is 9.18. The summed E-state index contributed by atoms with van der Waals surface area (Å²) in [6.07, 6.45) is 1.20. The average molecular weight is 469 g/mol. The summed E-state index contributed by atoms with van der Waals surface area (Å²) >= 11 is 0. The first kappa shape index (κ1) is 22.0. The van der Waals surface area contributed by atoms with E-state index in [4.69, 9.17) is 18.3 Å². The van der Waals surface area contributed by atoms with E-state index in [-0.39, 0.29) is 34.7 Å². The Morgan fingerprint density at radius 1 is 0.886 bits per heavy atom. The summed E-state index contributed by atoms with van der Waals surface area (Å²) in [5, 5.41) is 3.78. The van der Waals surface area contributed by atoms with Crippen LogP contribution in [0, 0.1) is 6.92 Å². The molecule has 2 aromatic heterocycles. The van der Waals surface area contributed by atoms with Crippen LogP contribution in [-0.2, 0) is 4.79 Å². The molecule has 35 heavy (non-hydrogen) atoms. The molecule has 5 rings (SSSR count). The van der Waals surface area contributed by atoms with E-state index in [0.717, 1.165) is 10.9 Å². The van der Waals surface area contributed by atoms with Crippen molar-refractivity contribution in [1.82, 2.24) is 0 Å². The molecule has 0 fully saturated rings. The van der Waals surface area contributed by atoms with Crippen LogP contribution in [0.4, 0.5) is 5.69 Å². The third-order valence-electron chi connectivity index (χ3n) is 5.29. The monoisotopic (exact) mass is 469 g/mol. The average Bonchev–Trinajstić information content (AvgIpc) is 2.85. The van der Waals surface area contributed by atoms with Gasteiger partial charge in [0.25, 0.3) is 5.91 Å². The van der Waals surface area contributed by atoms with Gasteiger partial charge in [0.2, 0.25) is 11.2 Å². The number of carbonyl (C=O) groups excluding carboxylic acids is 1. The quantitative estimate of drug-likeness (QED) is 0.348. The van der Waals surface area contributed by atoms with Gasteiger partial charge >= 0.3 is 5.63 Å². The van der Waals surface area contributed by atoms with Crippen molar-refractivity contribution in [3.05, 3.63) is 105 Å². The predicted molar refractivity (Wildman–Crippen MR) is 130 cm³/mol. The summed E-state index contributed by atoms with van der Waals surface area (Å²) in [4.78, 5) is 36.7. The Morgan fingerprint density at radius 3 is 2.46 bits per heavy atom. The number of carbonyl (C=O) groups is 1. The number of ether oxygens (including phenoxy) is 2. The minimum absolute atomic E-state index is 0.0252. The lowest BCUT2D eigenvalue weighted by Gasteiger charge is -2.09. The highest BCUT2D eigenvalue weighted by atomic mass is 16.5. The molecule has 3 aromatic carbocycles. The van der Waals surface area contributed by atoms with Gasteiger partial charge in [-0.25, -0.2) is 4.79 Å². The highest BCUT2D eigenvalue weighted by Gasteiger charge is 2.12. The summed E-state index contributed by atoms with van der Waals surface area (Å²) in [6, 6.07) is 20.1. The van der Waals surface area contributed by atoms with Gasteiger partial charge in [-0.15, -0.1) is 0 Å². The van der Waals surface area contributed by atoms with Gasteiger partial charge in [0.1, 0.15) is 28.9 Å². The molecule has 1 amide bonds. The third kappa shape index (κ3) is 4.77. The van der Waals surface area contributed by atoms with Crippen LogP contribution in [0.15, 0.2) is 97.5 Å². The second-order valence-corrected chi connectivity index (χ2v) is 7.80. The molecule has 0 bridgehead atoms. The van der Waals surface area contributed by atoms with Crippen molar-refractivity contribution in [1.29, 1.82) is 0 Å². The van der Waals surface area contributed by atoms with E-state index in [1.165, 1.54) is 18.4 Å². The molecule has 8 heteroatoms. The van der Waals surface area contributed by atoms with Gasteiger partial charge in [-0.1, -0.05) is 18.2 Å². The zero-order valence-electron chi connectivity index (χ0n) is 18.6. The summed E-state index contributed by atoms with van der Waals surface area (Å²) in [5.74, 6) is 0.352. The molecule has 0 aliphatic heterocycles. The van der Waals surface area contributed by atoms with E-state index in [0.29, 0.717) is 22.8 Å². The lowest BCUT2D eigenvalue weighted by molar-refractivity contribution is -0.118. The first-order valence-electron chi connectivity index (χ1n) is 10.7. The van der Waals surface area contributed by atoms with Crippen LogP contribution < -0.4 is 25.8 Å². The molecule has 8 nitrogen and oxygen atoms in total. The number of aryl methyl sites for hydroxylation is 1. The van der Waals surface area contributed by atoms with Crippen LogP contribution in [0.2, 0.25) is 0 Å². The SMILES string of the molecule is Cc1cc(=O)oc2cc(Oc3coc4cc(OCC(=O)Nc5ccccc5)ccc4c3=O)ccc12. The summed E-state index contributed by atoms with van der Waals surface area (Å²) in [6.45, 7) is 1.61. The Labute approximate surface area is 198 Å². The smallest absolute Gasteiger partial charge is 0.336 e. The number of fused-ring (bicyclic) bond motifs is 2. The van der Waals surface area contributed by atoms with Crippen molar-refractivity contribution in [2.45, 2.75) is 6.92 Å². The maximum absolute atomic E-state index is 12.9. The van der Waals surface area contributed by atoms with Crippen LogP contribution in [0.5, 0.6) is 17.2 Å². The molecule has 0 aliphatic rings. The first-order chi connectivity index (χ1) is 17.0. The van der Waals surface area contributed by atoms with Gasteiger partial charge in [0.05, 0.1) is 5.39 Å². The van der Waals surface area contributed by atoms with E-state index in [2.05, 4.69) is 5.32 Å². The van der Waals surface area contributed by atoms with E-state index < -0.39 is 5.63 Å². The van der Waals surface area contributed by atoms with Crippen molar-refractivity contribution in [3.63, 3.8) is 0 Å². The topological polar surface area (TPSA) is 108 Å². The van der Waals surface area contributed by atoms with E-state index in [9.17, 15) is 14.4 Å². The van der Waals surface area contributed by atoms with Crippen molar-refractivity contribution in [2.75, 3.05) is 11.9 Å². The van der Waals surface area contributed by atoms with E-state index in [1.807, 2.05) is 25.1 Å². The van der Waals surface area contributed by atoms with E-state index in [1.54, 1.807) is 42.5 Å². The van der Waals surface area contributed by atoms with Crippen molar-refractivity contribution < 1.29 is 23.1 Å². The van der Waals surface area contributed by atoms with Gasteiger partial charge in [-0.05, 0) is 48.9 Å². The van der Waals surface area contributed by atoms with Crippen LogP contribution in [0.1, 0.15) is 5.56 Å². The molecule has 174 valence electrons. The molecular formula is C27H19NO7. The summed E-state index contributed by atoms with van der Waals surface area (Å²) in [5.41, 5.74) is 1.24. The Hall–Kier alpha value is -4.85. The number of amides is 1. The van der Waals surface area contributed by atoms with Crippen molar-refractivity contribution in [2.24, 2.45) is 0 Å². The molecule has 0 saturated heterocycles. The molecule has 0 saturated carbocycles. The minimum Gasteiger partial charge on any atom is -0.484 e. The number of rotatable bonds is 6. The number of hydrogen-bond acceptors (Lipinski definition) is 7. The molecule has 2 heterocycles. The normalized spacial score (nSPS) is 10.9. The van der Waals surface area contributed by atoms with Gasteiger partial charge in [-0.2, -0.15) is 0 Å². The van der Waals surface area contributed by atoms with Gasteiger partial charge in [-0.3, -0.25) is 9.59 Å². The lowest BCUT2D eigenvalue weighted by Crippen LogP contribution is -2.20. The Balaban J connectivity index is 1.33. The number of hydrogen-bond donors (Lipinski definition) is 1. The largest absolute Gasteiger partial charge is 0.484 e. The zero-order valence-corrected chi connectivity index (χ0v) is 18.6. The van der Waals surface area contributed by atoms with Crippen molar-refractivity contribution >= 4 is 33.5 Å². The van der Waals surface area contributed by atoms with Crippen LogP contribution >= 0.6 is 0 Å². The fourth-order valence-electron chi connectivity index (χ4n) is 3.61. The first-order valence-corrected chi connectivity index (χ1v) is 10.7. The maximum Gasteiger partial charge on any atom is 0.336 e. The van der Waals surface area contributed by atoms with Crippen LogP contribution in [0.25, 0.3) is 21.9 Å². The number of benzene rings is 3. The number of anilines is 1. The summed E-state index contributed by atoms with van der Waals surface area (Å²) in [7, 11) is 0. The third-order valence-corrected chi connectivity index (χ3v) is 5.29. The second-order valence-electron chi connectivity index (χ2n) is 7.80. The molecule has 0 atom stereocenters. The number of nitrogens with one attached hydrogen (secondary N) is 1. The summed E-state index contributed by atoms with van der Waals surface area (Å²) < 4.78 is 22.1. The molecule has 1 N–H and O–H groups in total.